The summed E-state index contributed by atoms with van der Waals surface area (Å²) in [5.41, 5.74) is 0.863. The van der Waals surface area contributed by atoms with Crippen molar-refractivity contribution in [1.29, 1.82) is 0 Å². The van der Waals surface area contributed by atoms with Crippen molar-refractivity contribution in [2.45, 2.75) is 19.3 Å². The van der Waals surface area contributed by atoms with Crippen LogP contribution in [0.2, 0.25) is 0 Å². The number of carbonyl (C=O) groups is 1. The van der Waals surface area contributed by atoms with Crippen LogP contribution < -0.4 is 0 Å². The van der Waals surface area contributed by atoms with E-state index in [-0.39, 0.29) is 5.91 Å². The highest BCUT2D eigenvalue weighted by atomic mass is 16.3. The van der Waals surface area contributed by atoms with Crippen LogP contribution in [0.4, 0.5) is 0 Å². The topological polar surface area (TPSA) is 63.6 Å². The molecule has 0 spiro atoms. The molecule has 1 aliphatic heterocycles. The number of hydrogen-bond acceptors (Lipinski definition) is 4. The number of nitrogens with zero attached hydrogens (tertiary/aromatic N) is 4. The van der Waals surface area contributed by atoms with Crippen molar-refractivity contribution < 1.29 is 9.21 Å². The highest BCUT2D eigenvalue weighted by Crippen LogP contribution is 2.22. The van der Waals surface area contributed by atoms with Crippen molar-refractivity contribution in [3.05, 3.63) is 54.4 Å². The van der Waals surface area contributed by atoms with Crippen LogP contribution in [-0.2, 0) is 6.42 Å². The van der Waals surface area contributed by atoms with E-state index in [0.29, 0.717) is 11.7 Å². The van der Waals surface area contributed by atoms with E-state index in [0.717, 1.165) is 43.8 Å². The number of rotatable bonds is 3. The summed E-state index contributed by atoms with van der Waals surface area (Å²) in [6.07, 6.45) is 6.46. The number of furan rings is 1. The molecule has 4 rings (SSSR count). The Morgan fingerprint density at radius 3 is 3.09 bits per heavy atom. The molecule has 1 atom stereocenters. The molecule has 3 aromatic heterocycles. The lowest BCUT2D eigenvalue weighted by molar-refractivity contribution is 0.0640. The molecule has 0 bridgehead atoms. The Labute approximate surface area is 133 Å². The minimum absolute atomic E-state index is 0.0224. The maximum absolute atomic E-state index is 12.4. The third kappa shape index (κ3) is 2.72. The van der Waals surface area contributed by atoms with Gasteiger partial charge in [0.15, 0.2) is 11.4 Å². The number of aromatic nitrogens is 3. The minimum Gasteiger partial charge on any atom is -0.459 e. The first kappa shape index (κ1) is 14.0. The molecule has 0 saturated carbocycles. The van der Waals surface area contributed by atoms with Crippen molar-refractivity contribution >= 4 is 11.6 Å². The zero-order valence-corrected chi connectivity index (χ0v) is 12.8. The Morgan fingerprint density at radius 2 is 2.22 bits per heavy atom. The van der Waals surface area contributed by atoms with Gasteiger partial charge in [-0.3, -0.25) is 9.20 Å². The molecular formula is C17H18N4O2. The second-order valence-electron chi connectivity index (χ2n) is 5.99. The van der Waals surface area contributed by atoms with Crippen LogP contribution in [0.3, 0.4) is 0 Å². The molecule has 3 aromatic rings. The number of carbonyl (C=O) groups excluding carboxylic acids is 1. The highest BCUT2D eigenvalue weighted by molar-refractivity contribution is 5.91. The lowest BCUT2D eigenvalue weighted by Gasteiger charge is -2.31. The monoisotopic (exact) mass is 310 g/mol. The zero-order valence-electron chi connectivity index (χ0n) is 12.8. The van der Waals surface area contributed by atoms with E-state index < -0.39 is 0 Å². The van der Waals surface area contributed by atoms with E-state index in [2.05, 4.69) is 10.2 Å². The minimum atomic E-state index is -0.0224. The Balaban J connectivity index is 1.48. The Kier molecular flexibility index (Phi) is 3.57. The third-order valence-electron chi connectivity index (χ3n) is 4.39. The summed E-state index contributed by atoms with van der Waals surface area (Å²) < 4.78 is 7.25. The second-order valence-corrected chi connectivity index (χ2v) is 5.99. The van der Waals surface area contributed by atoms with Gasteiger partial charge in [0, 0.05) is 25.7 Å². The number of hydrogen-bond donors (Lipinski definition) is 0. The summed E-state index contributed by atoms with van der Waals surface area (Å²) in [6.45, 7) is 1.53. The van der Waals surface area contributed by atoms with Gasteiger partial charge >= 0.3 is 0 Å². The molecule has 0 aromatic carbocycles. The largest absolute Gasteiger partial charge is 0.459 e. The van der Waals surface area contributed by atoms with Crippen LogP contribution >= 0.6 is 0 Å². The smallest absolute Gasteiger partial charge is 0.289 e. The Hall–Kier alpha value is -2.63. The van der Waals surface area contributed by atoms with Gasteiger partial charge in [-0.05, 0) is 43.0 Å². The average molecular weight is 310 g/mol. The van der Waals surface area contributed by atoms with Crippen LogP contribution in [0.1, 0.15) is 29.2 Å². The van der Waals surface area contributed by atoms with Gasteiger partial charge in [-0.2, -0.15) is 0 Å². The van der Waals surface area contributed by atoms with Crippen molar-refractivity contribution in [3.8, 4) is 0 Å². The van der Waals surface area contributed by atoms with Crippen LogP contribution in [0.15, 0.2) is 47.2 Å². The van der Waals surface area contributed by atoms with E-state index in [1.54, 1.807) is 12.1 Å². The van der Waals surface area contributed by atoms with E-state index in [4.69, 9.17) is 4.42 Å². The van der Waals surface area contributed by atoms with E-state index in [9.17, 15) is 4.79 Å². The second kappa shape index (κ2) is 5.87. The summed E-state index contributed by atoms with van der Waals surface area (Å²) >= 11 is 0. The predicted octanol–water partition coefficient (Wildman–Crippen LogP) is 2.42. The third-order valence-corrected chi connectivity index (χ3v) is 4.39. The first-order valence-corrected chi connectivity index (χ1v) is 7.92. The van der Waals surface area contributed by atoms with Crippen LogP contribution in [-0.4, -0.2) is 38.5 Å². The summed E-state index contributed by atoms with van der Waals surface area (Å²) in [5.74, 6) is 1.75. The Bertz CT molecular complexity index is 809. The molecule has 6 nitrogen and oxygen atoms in total. The average Bonchev–Trinajstić information content (AvgIpc) is 3.25. The van der Waals surface area contributed by atoms with E-state index in [1.165, 1.54) is 6.26 Å². The zero-order chi connectivity index (χ0) is 15.6. The van der Waals surface area contributed by atoms with Crippen LogP contribution in [0.25, 0.3) is 5.65 Å². The molecule has 0 N–H and O–H groups in total. The van der Waals surface area contributed by atoms with Gasteiger partial charge in [-0.1, -0.05) is 6.07 Å². The van der Waals surface area contributed by atoms with Crippen molar-refractivity contribution in [1.82, 2.24) is 19.5 Å². The summed E-state index contributed by atoms with van der Waals surface area (Å²) in [6, 6.07) is 9.35. The molecule has 23 heavy (non-hydrogen) atoms. The fourth-order valence-corrected chi connectivity index (χ4v) is 3.26. The standard InChI is InChI=1S/C17H18N4O2/c22-17(14-6-4-10-23-14)20-8-3-5-13(12-20)11-16-19-18-15-7-1-2-9-21(15)16/h1-2,4,6-7,9-10,13H,3,5,8,11-12H2. The normalized spacial score (nSPS) is 18.4. The molecule has 1 saturated heterocycles. The highest BCUT2D eigenvalue weighted by Gasteiger charge is 2.26. The molecule has 4 heterocycles. The number of fused-ring (bicyclic) bond motifs is 1. The van der Waals surface area contributed by atoms with Crippen molar-refractivity contribution in [2.24, 2.45) is 5.92 Å². The first-order chi connectivity index (χ1) is 11.3. The number of amides is 1. The lowest BCUT2D eigenvalue weighted by atomic mass is 9.94. The Morgan fingerprint density at radius 1 is 1.26 bits per heavy atom. The number of pyridine rings is 1. The van der Waals surface area contributed by atoms with Crippen LogP contribution in [0.5, 0.6) is 0 Å². The molecule has 1 amide bonds. The predicted molar refractivity (Wildman–Crippen MR) is 84.0 cm³/mol. The van der Waals surface area contributed by atoms with Crippen molar-refractivity contribution in [2.75, 3.05) is 13.1 Å². The molecule has 0 radical (unpaired) electrons. The molecule has 1 aliphatic rings. The summed E-state index contributed by atoms with van der Waals surface area (Å²) in [4.78, 5) is 14.3. The van der Waals surface area contributed by atoms with Gasteiger partial charge in [-0.15, -0.1) is 10.2 Å². The quantitative estimate of drug-likeness (QED) is 0.745. The van der Waals surface area contributed by atoms with Crippen LogP contribution in [0, 0.1) is 5.92 Å². The number of piperidine rings is 1. The molecule has 0 aliphatic carbocycles. The number of likely N-dealkylation sites (tertiary alicyclic amines) is 1. The van der Waals surface area contributed by atoms with Gasteiger partial charge in [0.2, 0.25) is 0 Å². The van der Waals surface area contributed by atoms with E-state index >= 15 is 0 Å². The maximum atomic E-state index is 12.4. The molecule has 6 heteroatoms. The van der Waals surface area contributed by atoms with Crippen molar-refractivity contribution in [3.63, 3.8) is 0 Å². The van der Waals surface area contributed by atoms with Gasteiger partial charge in [-0.25, -0.2) is 0 Å². The van der Waals surface area contributed by atoms with E-state index in [1.807, 2.05) is 33.7 Å². The van der Waals surface area contributed by atoms with Gasteiger partial charge in [0.05, 0.1) is 6.26 Å². The van der Waals surface area contributed by atoms with Gasteiger partial charge in [0.1, 0.15) is 5.82 Å². The molecule has 1 unspecified atom stereocenters. The summed E-state index contributed by atoms with van der Waals surface area (Å²) in [7, 11) is 0. The fraction of sp³-hybridized carbons (Fsp3) is 0.353. The lowest BCUT2D eigenvalue weighted by Crippen LogP contribution is -2.40. The molecular weight excluding hydrogens is 292 g/mol. The SMILES string of the molecule is O=C(c1ccco1)N1CCCC(Cc2nnc3ccccn23)C1. The summed E-state index contributed by atoms with van der Waals surface area (Å²) in [5, 5.41) is 8.50. The molecule has 118 valence electrons. The first-order valence-electron chi connectivity index (χ1n) is 7.92. The maximum Gasteiger partial charge on any atom is 0.289 e. The van der Waals surface area contributed by atoms with Gasteiger partial charge < -0.3 is 9.32 Å². The molecule has 1 fully saturated rings. The fourth-order valence-electron chi connectivity index (χ4n) is 3.26. The van der Waals surface area contributed by atoms with Gasteiger partial charge in [0.25, 0.3) is 5.91 Å².